The average Bonchev–Trinajstić information content (AvgIpc) is 2.37. The van der Waals surface area contributed by atoms with E-state index >= 15 is 0 Å². The molecule has 2 rings (SSSR count). The van der Waals surface area contributed by atoms with Gasteiger partial charge in [0.1, 0.15) is 11.6 Å². The number of rotatable bonds is 4. The van der Waals surface area contributed by atoms with Gasteiger partial charge in [0.2, 0.25) is 0 Å². The first kappa shape index (κ1) is 14.3. The molecule has 2 heterocycles. The maximum absolute atomic E-state index is 4.60. The van der Waals surface area contributed by atoms with E-state index in [2.05, 4.69) is 41.1 Å². The SMILES string of the molecule is Cc1cc(NCC2CCCCN2C)nc(C(C)C)n1. The maximum Gasteiger partial charge on any atom is 0.133 e. The number of likely N-dealkylation sites (tertiary alicyclic amines) is 1. The fourth-order valence-corrected chi connectivity index (χ4v) is 2.56. The molecule has 1 unspecified atom stereocenters. The number of likely N-dealkylation sites (N-methyl/N-ethyl adjacent to an activating group) is 1. The van der Waals surface area contributed by atoms with Crippen LogP contribution in [0, 0.1) is 6.92 Å². The Morgan fingerprint density at radius 1 is 1.37 bits per heavy atom. The van der Waals surface area contributed by atoms with E-state index in [1.54, 1.807) is 0 Å². The van der Waals surface area contributed by atoms with E-state index in [9.17, 15) is 0 Å². The summed E-state index contributed by atoms with van der Waals surface area (Å²) in [6, 6.07) is 2.67. The third kappa shape index (κ3) is 3.90. The Kier molecular flexibility index (Phi) is 4.75. The van der Waals surface area contributed by atoms with Crippen molar-refractivity contribution in [3.63, 3.8) is 0 Å². The van der Waals surface area contributed by atoms with Crippen LogP contribution in [-0.4, -0.2) is 41.0 Å². The normalized spacial score (nSPS) is 20.8. The molecule has 0 aromatic carbocycles. The van der Waals surface area contributed by atoms with E-state index in [0.29, 0.717) is 12.0 Å². The fourth-order valence-electron chi connectivity index (χ4n) is 2.56. The number of aryl methyl sites for hydroxylation is 1. The fraction of sp³-hybridized carbons (Fsp3) is 0.733. The van der Waals surface area contributed by atoms with Gasteiger partial charge >= 0.3 is 0 Å². The molecule has 0 amide bonds. The number of hydrogen-bond acceptors (Lipinski definition) is 4. The number of nitrogens with zero attached hydrogens (tertiary/aromatic N) is 3. The van der Waals surface area contributed by atoms with Gasteiger partial charge in [-0.25, -0.2) is 9.97 Å². The second-order valence-corrected chi connectivity index (χ2v) is 5.92. The number of aromatic nitrogens is 2. The summed E-state index contributed by atoms with van der Waals surface area (Å²) in [7, 11) is 2.22. The third-order valence-corrected chi connectivity index (χ3v) is 3.83. The number of nitrogens with one attached hydrogen (secondary N) is 1. The van der Waals surface area contributed by atoms with E-state index in [1.165, 1.54) is 25.8 Å². The standard InChI is InChI=1S/C15H26N4/c1-11(2)15-17-12(3)9-14(18-15)16-10-13-7-5-6-8-19(13)4/h9,11,13H,5-8,10H2,1-4H3,(H,16,17,18). The maximum atomic E-state index is 4.60. The van der Waals surface area contributed by atoms with Crippen LogP contribution in [0.25, 0.3) is 0 Å². The van der Waals surface area contributed by atoms with E-state index in [0.717, 1.165) is 23.9 Å². The molecule has 1 aliphatic heterocycles. The zero-order valence-corrected chi connectivity index (χ0v) is 12.6. The van der Waals surface area contributed by atoms with Gasteiger partial charge in [-0.3, -0.25) is 0 Å². The summed E-state index contributed by atoms with van der Waals surface area (Å²) in [5, 5.41) is 3.49. The summed E-state index contributed by atoms with van der Waals surface area (Å²) in [5.41, 5.74) is 1.04. The van der Waals surface area contributed by atoms with Gasteiger partial charge in [0.25, 0.3) is 0 Å². The van der Waals surface area contributed by atoms with Crippen LogP contribution in [0.3, 0.4) is 0 Å². The number of piperidine rings is 1. The van der Waals surface area contributed by atoms with Crippen LogP contribution in [0.4, 0.5) is 5.82 Å². The topological polar surface area (TPSA) is 41.0 Å². The molecule has 4 heteroatoms. The minimum atomic E-state index is 0.373. The van der Waals surface area contributed by atoms with Crippen molar-refractivity contribution in [2.45, 2.75) is 52.0 Å². The summed E-state index contributed by atoms with van der Waals surface area (Å²) in [6.45, 7) is 8.49. The van der Waals surface area contributed by atoms with E-state index < -0.39 is 0 Å². The van der Waals surface area contributed by atoms with Crippen molar-refractivity contribution in [3.8, 4) is 0 Å². The minimum absolute atomic E-state index is 0.373. The first-order valence-corrected chi connectivity index (χ1v) is 7.36. The average molecular weight is 262 g/mol. The van der Waals surface area contributed by atoms with Gasteiger partial charge < -0.3 is 10.2 Å². The summed E-state index contributed by atoms with van der Waals surface area (Å²) in [6.07, 6.45) is 3.96. The predicted octanol–water partition coefficient (Wildman–Crippen LogP) is 2.80. The highest BCUT2D eigenvalue weighted by Crippen LogP contribution is 2.17. The zero-order chi connectivity index (χ0) is 13.8. The van der Waals surface area contributed by atoms with Crippen molar-refractivity contribution in [2.75, 3.05) is 25.5 Å². The smallest absolute Gasteiger partial charge is 0.133 e. The molecule has 1 N–H and O–H groups in total. The number of hydrogen-bond donors (Lipinski definition) is 1. The molecular formula is C15H26N4. The molecule has 4 nitrogen and oxygen atoms in total. The second-order valence-electron chi connectivity index (χ2n) is 5.92. The molecule has 1 fully saturated rings. The molecule has 0 spiro atoms. The van der Waals surface area contributed by atoms with Crippen molar-refractivity contribution >= 4 is 5.82 Å². The Bertz CT molecular complexity index is 417. The second kappa shape index (κ2) is 6.33. The van der Waals surface area contributed by atoms with Gasteiger partial charge in [-0.1, -0.05) is 20.3 Å². The quantitative estimate of drug-likeness (QED) is 0.906. The monoisotopic (exact) mass is 262 g/mol. The van der Waals surface area contributed by atoms with Crippen LogP contribution in [0.15, 0.2) is 6.07 Å². The van der Waals surface area contributed by atoms with Crippen LogP contribution in [0.1, 0.15) is 50.5 Å². The lowest BCUT2D eigenvalue weighted by atomic mass is 10.0. The van der Waals surface area contributed by atoms with Gasteiger partial charge in [0, 0.05) is 30.3 Å². The van der Waals surface area contributed by atoms with Gasteiger partial charge in [-0.05, 0) is 33.4 Å². The number of anilines is 1. The lowest BCUT2D eigenvalue weighted by Crippen LogP contribution is -2.40. The molecule has 1 aromatic rings. The highest BCUT2D eigenvalue weighted by Gasteiger charge is 2.18. The van der Waals surface area contributed by atoms with Crippen molar-refractivity contribution in [1.82, 2.24) is 14.9 Å². The van der Waals surface area contributed by atoms with Crippen molar-refractivity contribution in [1.29, 1.82) is 0 Å². The predicted molar refractivity (Wildman–Crippen MR) is 79.6 cm³/mol. The first-order chi connectivity index (χ1) is 9.06. The molecule has 0 aliphatic carbocycles. The Labute approximate surface area is 116 Å². The summed E-state index contributed by atoms with van der Waals surface area (Å²) in [4.78, 5) is 11.5. The van der Waals surface area contributed by atoms with Crippen molar-refractivity contribution < 1.29 is 0 Å². The van der Waals surface area contributed by atoms with Crippen LogP contribution >= 0.6 is 0 Å². The highest BCUT2D eigenvalue weighted by molar-refractivity contribution is 5.36. The molecule has 1 aromatic heterocycles. The van der Waals surface area contributed by atoms with Crippen LogP contribution in [0.2, 0.25) is 0 Å². The van der Waals surface area contributed by atoms with Crippen molar-refractivity contribution in [2.24, 2.45) is 0 Å². The zero-order valence-electron chi connectivity index (χ0n) is 12.6. The van der Waals surface area contributed by atoms with Crippen LogP contribution in [0.5, 0.6) is 0 Å². The van der Waals surface area contributed by atoms with Gasteiger partial charge in [-0.15, -0.1) is 0 Å². The largest absolute Gasteiger partial charge is 0.368 e. The van der Waals surface area contributed by atoms with E-state index in [4.69, 9.17) is 0 Å². The molecule has 1 atom stereocenters. The van der Waals surface area contributed by atoms with Crippen molar-refractivity contribution in [3.05, 3.63) is 17.6 Å². The minimum Gasteiger partial charge on any atom is -0.368 e. The summed E-state index contributed by atoms with van der Waals surface area (Å²) >= 11 is 0. The molecule has 1 saturated heterocycles. The molecule has 19 heavy (non-hydrogen) atoms. The van der Waals surface area contributed by atoms with Gasteiger partial charge in [0.15, 0.2) is 0 Å². The lowest BCUT2D eigenvalue weighted by Gasteiger charge is -2.32. The molecular weight excluding hydrogens is 236 g/mol. The highest BCUT2D eigenvalue weighted by atomic mass is 15.2. The van der Waals surface area contributed by atoms with Gasteiger partial charge in [-0.2, -0.15) is 0 Å². The Hall–Kier alpha value is -1.16. The Balaban J connectivity index is 1.98. The first-order valence-electron chi connectivity index (χ1n) is 7.36. The molecule has 1 aliphatic rings. The lowest BCUT2D eigenvalue weighted by molar-refractivity contribution is 0.194. The van der Waals surface area contributed by atoms with Crippen LogP contribution < -0.4 is 5.32 Å². The summed E-state index contributed by atoms with van der Waals surface area (Å²) in [5.74, 6) is 2.27. The Morgan fingerprint density at radius 2 is 2.16 bits per heavy atom. The summed E-state index contributed by atoms with van der Waals surface area (Å²) < 4.78 is 0. The molecule has 0 bridgehead atoms. The van der Waals surface area contributed by atoms with Crippen LogP contribution in [-0.2, 0) is 0 Å². The van der Waals surface area contributed by atoms with Gasteiger partial charge in [0.05, 0.1) is 0 Å². The molecule has 106 valence electrons. The molecule has 0 radical (unpaired) electrons. The van der Waals surface area contributed by atoms with E-state index in [-0.39, 0.29) is 0 Å². The molecule has 0 saturated carbocycles. The third-order valence-electron chi connectivity index (χ3n) is 3.83. The Morgan fingerprint density at radius 3 is 2.84 bits per heavy atom. The van der Waals surface area contributed by atoms with E-state index in [1.807, 2.05) is 13.0 Å².